The van der Waals surface area contributed by atoms with E-state index in [4.69, 9.17) is 9.15 Å². The van der Waals surface area contributed by atoms with Gasteiger partial charge in [0, 0.05) is 0 Å². The molecule has 0 aliphatic carbocycles. The van der Waals surface area contributed by atoms with Crippen LogP contribution in [0.5, 0.6) is 0 Å². The van der Waals surface area contributed by atoms with Crippen LogP contribution in [0.1, 0.15) is 29.3 Å². The molecule has 1 unspecified atom stereocenters. The van der Waals surface area contributed by atoms with Crippen molar-refractivity contribution in [2.75, 3.05) is 0 Å². The lowest BCUT2D eigenvalue weighted by molar-refractivity contribution is 0.0278. The first-order valence-electron chi connectivity index (χ1n) is 4.79. The molecule has 0 saturated carbocycles. The van der Waals surface area contributed by atoms with Crippen molar-refractivity contribution in [3.8, 4) is 0 Å². The van der Waals surface area contributed by atoms with E-state index in [-0.39, 0.29) is 5.89 Å². The molecule has 1 aromatic carbocycles. The summed E-state index contributed by atoms with van der Waals surface area (Å²) in [4.78, 5) is 11.6. The molecule has 2 aromatic rings. The molecule has 0 fully saturated rings. The quantitative estimate of drug-likeness (QED) is 0.737. The van der Waals surface area contributed by atoms with E-state index in [1.165, 1.54) is 6.39 Å². The van der Waals surface area contributed by atoms with Crippen LogP contribution >= 0.6 is 0 Å². The van der Waals surface area contributed by atoms with E-state index in [1.807, 2.05) is 6.07 Å². The first-order chi connectivity index (χ1) is 7.77. The maximum Gasteiger partial charge on any atom is 0.338 e. The fraction of sp³-hybridized carbons (Fsp3) is 0.182. The molecule has 82 valence electrons. The number of carbonyl (C=O) groups excluding carboxylic acids is 1. The summed E-state index contributed by atoms with van der Waals surface area (Å²) in [6, 6.07) is 8.74. The Labute approximate surface area is 92.1 Å². The first kappa shape index (κ1) is 10.4. The van der Waals surface area contributed by atoms with Crippen LogP contribution in [0.4, 0.5) is 0 Å². The van der Waals surface area contributed by atoms with Crippen molar-refractivity contribution in [3.05, 3.63) is 48.2 Å². The average Bonchev–Trinajstić information content (AvgIpc) is 2.83. The molecule has 0 radical (unpaired) electrons. The van der Waals surface area contributed by atoms with Gasteiger partial charge >= 0.3 is 5.97 Å². The van der Waals surface area contributed by atoms with Gasteiger partial charge in [0.2, 0.25) is 6.39 Å². The van der Waals surface area contributed by atoms with Crippen molar-refractivity contribution in [2.24, 2.45) is 0 Å². The van der Waals surface area contributed by atoms with Gasteiger partial charge < -0.3 is 9.15 Å². The Bertz CT molecular complexity index is 453. The number of hydrogen-bond donors (Lipinski definition) is 0. The van der Waals surface area contributed by atoms with Gasteiger partial charge in [0.25, 0.3) is 5.89 Å². The second kappa shape index (κ2) is 4.57. The highest BCUT2D eigenvalue weighted by atomic mass is 16.6. The highest BCUT2D eigenvalue weighted by Crippen LogP contribution is 2.15. The third-order valence-corrected chi connectivity index (χ3v) is 2.02. The highest BCUT2D eigenvalue weighted by Gasteiger charge is 2.16. The van der Waals surface area contributed by atoms with Crippen molar-refractivity contribution < 1.29 is 13.9 Å². The van der Waals surface area contributed by atoms with Crippen LogP contribution in [0, 0.1) is 0 Å². The molecule has 0 spiro atoms. The number of nitrogens with zero attached hydrogens (tertiary/aromatic N) is 2. The third-order valence-electron chi connectivity index (χ3n) is 2.02. The van der Waals surface area contributed by atoms with Crippen LogP contribution in [0.15, 0.2) is 41.1 Å². The molecule has 16 heavy (non-hydrogen) atoms. The smallest absolute Gasteiger partial charge is 0.338 e. The van der Waals surface area contributed by atoms with Gasteiger partial charge in [0.05, 0.1) is 5.56 Å². The summed E-state index contributed by atoms with van der Waals surface area (Å²) in [5.74, 6) is -0.129. The lowest BCUT2D eigenvalue weighted by Gasteiger charge is -2.08. The molecule has 0 saturated heterocycles. The number of carbonyl (C=O) groups is 1. The van der Waals surface area contributed by atoms with E-state index in [0.29, 0.717) is 5.56 Å². The first-order valence-corrected chi connectivity index (χ1v) is 4.79. The summed E-state index contributed by atoms with van der Waals surface area (Å²) >= 11 is 0. The van der Waals surface area contributed by atoms with Crippen LogP contribution in [0.25, 0.3) is 0 Å². The lowest BCUT2D eigenvalue weighted by atomic mass is 10.2. The zero-order chi connectivity index (χ0) is 11.4. The summed E-state index contributed by atoms with van der Waals surface area (Å²) in [5.41, 5.74) is 0.494. The van der Waals surface area contributed by atoms with Gasteiger partial charge in [-0.25, -0.2) is 4.79 Å². The summed E-state index contributed by atoms with van der Waals surface area (Å²) in [6.45, 7) is 1.67. The van der Waals surface area contributed by atoms with Crippen LogP contribution < -0.4 is 0 Å². The highest BCUT2D eigenvalue weighted by molar-refractivity contribution is 5.89. The van der Waals surface area contributed by atoms with Crippen molar-refractivity contribution in [1.82, 2.24) is 10.2 Å². The molecule has 1 aromatic heterocycles. The largest absolute Gasteiger partial charge is 0.449 e. The van der Waals surface area contributed by atoms with Crippen molar-refractivity contribution in [1.29, 1.82) is 0 Å². The Morgan fingerprint density at radius 2 is 2.12 bits per heavy atom. The summed E-state index contributed by atoms with van der Waals surface area (Å²) in [7, 11) is 0. The van der Waals surface area contributed by atoms with Gasteiger partial charge in [-0.1, -0.05) is 18.2 Å². The van der Waals surface area contributed by atoms with Crippen molar-refractivity contribution in [3.63, 3.8) is 0 Å². The van der Waals surface area contributed by atoms with Gasteiger partial charge in [0.15, 0.2) is 6.10 Å². The fourth-order valence-corrected chi connectivity index (χ4v) is 1.21. The van der Waals surface area contributed by atoms with E-state index in [2.05, 4.69) is 10.2 Å². The Morgan fingerprint density at radius 1 is 1.38 bits per heavy atom. The Morgan fingerprint density at radius 3 is 2.75 bits per heavy atom. The van der Waals surface area contributed by atoms with Crippen LogP contribution in [-0.4, -0.2) is 16.2 Å². The van der Waals surface area contributed by atoms with E-state index in [1.54, 1.807) is 31.2 Å². The predicted octanol–water partition coefficient (Wildman–Crippen LogP) is 1.99. The average molecular weight is 218 g/mol. The number of esters is 1. The van der Waals surface area contributed by atoms with E-state index in [0.717, 1.165) is 0 Å². The molecule has 0 N–H and O–H groups in total. The molecule has 1 heterocycles. The minimum absolute atomic E-state index is 0.282. The number of benzene rings is 1. The zero-order valence-corrected chi connectivity index (χ0v) is 8.66. The van der Waals surface area contributed by atoms with Crippen molar-refractivity contribution in [2.45, 2.75) is 13.0 Å². The Kier molecular flexibility index (Phi) is 2.95. The Balaban J connectivity index is 2.03. The minimum atomic E-state index is -0.546. The molecule has 1 atom stereocenters. The molecule has 0 amide bonds. The molecule has 5 heteroatoms. The van der Waals surface area contributed by atoms with Gasteiger partial charge in [-0.3, -0.25) is 0 Å². The summed E-state index contributed by atoms with van der Waals surface area (Å²) < 4.78 is 10.1. The number of rotatable bonds is 3. The van der Waals surface area contributed by atoms with Gasteiger partial charge in [-0.05, 0) is 19.1 Å². The van der Waals surface area contributed by atoms with E-state index >= 15 is 0 Å². The molecule has 5 nitrogen and oxygen atoms in total. The molecule has 2 rings (SSSR count). The monoisotopic (exact) mass is 218 g/mol. The maximum atomic E-state index is 11.6. The van der Waals surface area contributed by atoms with Crippen LogP contribution in [0.2, 0.25) is 0 Å². The van der Waals surface area contributed by atoms with Crippen LogP contribution in [0.3, 0.4) is 0 Å². The zero-order valence-electron chi connectivity index (χ0n) is 8.66. The van der Waals surface area contributed by atoms with E-state index < -0.39 is 12.1 Å². The third kappa shape index (κ3) is 2.25. The van der Waals surface area contributed by atoms with Gasteiger partial charge in [0.1, 0.15) is 0 Å². The van der Waals surface area contributed by atoms with E-state index in [9.17, 15) is 4.79 Å². The topological polar surface area (TPSA) is 65.2 Å². The Hall–Kier alpha value is -2.17. The second-order valence-electron chi connectivity index (χ2n) is 3.19. The predicted molar refractivity (Wildman–Crippen MR) is 54.6 cm³/mol. The lowest BCUT2D eigenvalue weighted by Crippen LogP contribution is -2.09. The normalized spacial score (nSPS) is 12.1. The van der Waals surface area contributed by atoms with Gasteiger partial charge in [-0.15, -0.1) is 10.2 Å². The maximum absolute atomic E-state index is 11.6. The van der Waals surface area contributed by atoms with Crippen molar-refractivity contribution >= 4 is 5.97 Å². The second-order valence-corrected chi connectivity index (χ2v) is 3.19. The minimum Gasteiger partial charge on any atom is -0.449 e. The van der Waals surface area contributed by atoms with Crippen LogP contribution in [-0.2, 0) is 4.74 Å². The van der Waals surface area contributed by atoms with Gasteiger partial charge in [-0.2, -0.15) is 0 Å². The molecule has 0 aliphatic heterocycles. The fourth-order valence-electron chi connectivity index (χ4n) is 1.21. The number of hydrogen-bond acceptors (Lipinski definition) is 5. The number of aromatic nitrogens is 2. The molecule has 0 aliphatic rings. The molecule has 0 bridgehead atoms. The summed E-state index contributed by atoms with van der Waals surface area (Å²) in [5, 5.41) is 7.18. The number of ether oxygens (including phenoxy) is 1. The molecular formula is C11H10N2O3. The summed E-state index contributed by atoms with van der Waals surface area (Å²) in [6.07, 6.45) is 0.651. The SMILES string of the molecule is CC(OC(=O)c1ccccc1)c1nnco1. The molecular weight excluding hydrogens is 208 g/mol. The standard InChI is InChI=1S/C11H10N2O3/c1-8(10-13-12-7-15-10)16-11(14)9-5-3-2-4-6-9/h2-8H,1H3.